The predicted molar refractivity (Wildman–Crippen MR) is 75.0 cm³/mol. The number of amides is 1. The van der Waals surface area contributed by atoms with E-state index in [1.165, 1.54) is 0 Å². The number of phenolic OH excluding ortho intramolecular Hbond substituents is 1. The molecular weight excluding hydrogens is 256 g/mol. The molecule has 1 heterocycles. The van der Waals surface area contributed by atoms with Crippen molar-refractivity contribution in [3.8, 4) is 5.75 Å². The quantitative estimate of drug-likeness (QED) is 0.705. The van der Waals surface area contributed by atoms with Crippen molar-refractivity contribution in [3.63, 3.8) is 0 Å². The summed E-state index contributed by atoms with van der Waals surface area (Å²) < 4.78 is 1.88. The van der Waals surface area contributed by atoms with Gasteiger partial charge in [0, 0.05) is 25.5 Å². The van der Waals surface area contributed by atoms with Gasteiger partial charge in [-0.2, -0.15) is 0 Å². The number of nitrogens with zero attached hydrogens (tertiary/aromatic N) is 2. The summed E-state index contributed by atoms with van der Waals surface area (Å²) in [5, 5.41) is 12.0. The fraction of sp³-hybridized carbons (Fsp3) is 0.286. The monoisotopic (exact) mass is 274 g/mol. The smallest absolute Gasteiger partial charge is 0.237 e. The van der Waals surface area contributed by atoms with E-state index >= 15 is 0 Å². The molecule has 0 aliphatic heterocycles. The molecule has 0 radical (unpaired) electrons. The molecule has 4 N–H and O–H groups in total. The molecule has 2 aromatic rings. The number of carbonyl (C=O) groups excluding carboxylic acids is 1. The van der Waals surface area contributed by atoms with Crippen LogP contribution in [0.25, 0.3) is 0 Å². The molecule has 0 saturated heterocycles. The minimum absolute atomic E-state index is 0.182. The van der Waals surface area contributed by atoms with Crippen molar-refractivity contribution in [3.05, 3.63) is 48.5 Å². The first kappa shape index (κ1) is 14.1. The van der Waals surface area contributed by atoms with Gasteiger partial charge in [0.25, 0.3) is 0 Å². The van der Waals surface area contributed by atoms with Crippen molar-refractivity contribution < 1.29 is 9.90 Å². The maximum Gasteiger partial charge on any atom is 0.237 e. The number of nitrogens with two attached hydrogens (primary N) is 1. The molecular formula is C14H18N4O2. The minimum Gasteiger partial charge on any atom is -0.508 e. The normalized spacial score (nSPS) is 12.1. The van der Waals surface area contributed by atoms with Crippen LogP contribution >= 0.6 is 0 Å². The van der Waals surface area contributed by atoms with Crippen LogP contribution in [-0.2, 0) is 17.8 Å². The number of nitrogens with one attached hydrogen (secondary N) is 1. The lowest BCUT2D eigenvalue weighted by molar-refractivity contribution is -0.122. The highest BCUT2D eigenvalue weighted by Crippen LogP contribution is 2.10. The van der Waals surface area contributed by atoms with Gasteiger partial charge in [0.15, 0.2) is 0 Å². The van der Waals surface area contributed by atoms with E-state index < -0.39 is 6.04 Å². The number of phenols is 1. The van der Waals surface area contributed by atoms with E-state index in [-0.39, 0.29) is 11.7 Å². The summed E-state index contributed by atoms with van der Waals surface area (Å²) in [7, 11) is 0. The molecule has 0 saturated carbocycles. The highest BCUT2D eigenvalue weighted by molar-refractivity contribution is 5.81. The molecule has 1 aromatic heterocycles. The fourth-order valence-corrected chi connectivity index (χ4v) is 1.84. The van der Waals surface area contributed by atoms with Gasteiger partial charge in [-0.3, -0.25) is 4.79 Å². The Morgan fingerprint density at radius 2 is 2.15 bits per heavy atom. The summed E-state index contributed by atoms with van der Waals surface area (Å²) >= 11 is 0. The number of aromatic hydroxyl groups is 1. The number of benzene rings is 1. The average Bonchev–Trinajstić information content (AvgIpc) is 2.94. The Hall–Kier alpha value is -2.34. The summed E-state index contributed by atoms with van der Waals surface area (Å²) in [4.78, 5) is 15.8. The van der Waals surface area contributed by atoms with Crippen LogP contribution in [0.1, 0.15) is 5.56 Å². The van der Waals surface area contributed by atoms with Crippen LogP contribution in [0.2, 0.25) is 0 Å². The molecule has 0 fully saturated rings. The number of imidazole rings is 1. The lowest BCUT2D eigenvalue weighted by atomic mass is 10.1. The molecule has 0 aliphatic rings. The van der Waals surface area contributed by atoms with E-state index in [2.05, 4.69) is 10.3 Å². The van der Waals surface area contributed by atoms with Crippen molar-refractivity contribution in [2.24, 2.45) is 5.73 Å². The Labute approximate surface area is 117 Å². The zero-order valence-corrected chi connectivity index (χ0v) is 11.1. The van der Waals surface area contributed by atoms with Crippen LogP contribution in [0.5, 0.6) is 5.75 Å². The molecule has 1 amide bonds. The molecule has 20 heavy (non-hydrogen) atoms. The van der Waals surface area contributed by atoms with Gasteiger partial charge < -0.3 is 20.7 Å². The second kappa shape index (κ2) is 6.72. The van der Waals surface area contributed by atoms with Crippen molar-refractivity contribution in [1.29, 1.82) is 0 Å². The number of aromatic nitrogens is 2. The molecule has 2 rings (SSSR count). The molecule has 1 aromatic carbocycles. The maximum atomic E-state index is 11.8. The summed E-state index contributed by atoms with van der Waals surface area (Å²) in [5.41, 5.74) is 6.77. The molecule has 6 heteroatoms. The maximum absolute atomic E-state index is 11.8. The lowest BCUT2D eigenvalue weighted by Crippen LogP contribution is -2.43. The fourth-order valence-electron chi connectivity index (χ4n) is 1.84. The van der Waals surface area contributed by atoms with Crippen LogP contribution in [0.4, 0.5) is 0 Å². The first-order valence-corrected chi connectivity index (χ1v) is 6.42. The predicted octanol–water partition coefficient (Wildman–Crippen LogP) is 0.275. The SMILES string of the molecule is N[C@H](Cc1ccc(O)cc1)C(=O)NCCn1ccnc1. The molecule has 0 spiro atoms. The van der Waals surface area contributed by atoms with E-state index in [4.69, 9.17) is 5.73 Å². The Morgan fingerprint density at radius 3 is 2.80 bits per heavy atom. The van der Waals surface area contributed by atoms with E-state index in [9.17, 15) is 9.90 Å². The second-order valence-electron chi connectivity index (χ2n) is 4.57. The van der Waals surface area contributed by atoms with Gasteiger partial charge in [0.05, 0.1) is 12.4 Å². The van der Waals surface area contributed by atoms with Gasteiger partial charge in [-0.05, 0) is 24.1 Å². The van der Waals surface area contributed by atoms with E-state index in [1.807, 2.05) is 10.8 Å². The Kier molecular flexibility index (Phi) is 4.73. The largest absolute Gasteiger partial charge is 0.508 e. The third kappa shape index (κ3) is 4.10. The summed E-state index contributed by atoms with van der Waals surface area (Å²) in [6.45, 7) is 1.18. The van der Waals surface area contributed by atoms with Crippen molar-refractivity contribution >= 4 is 5.91 Å². The molecule has 106 valence electrons. The molecule has 0 aliphatic carbocycles. The molecule has 6 nitrogen and oxygen atoms in total. The third-order valence-corrected chi connectivity index (χ3v) is 2.96. The molecule has 0 unspecified atom stereocenters. The Morgan fingerprint density at radius 1 is 1.40 bits per heavy atom. The topological polar surface area (TPSA) is 93.2 Å². The number of carbonyl (C=O) groups is 1. The summed E-state index contributed by atoms with van der Waals surface area (Å²) in [6.07, 6.45) is 5.67. The van der Waals surface area contributed by atoms with Crippen LogP contribution in [-0.4, -0.2) is 33.2 Å². The van der Waals surface area contributed by atoms with Crippen LogP contribution < -0.4 is 11.1 Å². The van der Waals surface area contributed by atoms with E-state index in [0.717, 1.165) is 5.56 Å². The average molecular weight is 274 g/mol. The minimum atomic E-state index is -0.595. The number of rotatable bonds is 6. The standard InChI is InChI=1S/C14H18N4O2/c15-13(9-11-1-3-12(19)4-2-11)14(20)17-6-8-18-7-5-16-10-18/h1-5,7,10,13,19H,6,8-9,15H2,(H,17,20)/t13-/m1/s1. The molecule has 1 atom stereocenters. The van der Waals surface area contributed by atoms with Gasteiger partial charge in [0.2, 0.25) is 5.91 Å². The van der Waals surface area contributed by atoms with Crippen LogP contribution in [0.3, 0.4) is 0 Å². The molecule has 0 bridgehead atoms. The Bertz CT molecular complexity index is 537. The first-order chi connectivity index (χ1) is 9.65. The van der Waals surface area contributed by atoms with Crippen LogP contribution in [0.15, 0.2) is 43.0 Å². The second-order valence-corrected chi connectivity index (χ2v) is 4.57. The Balaban J connectivity index is 1.75. The summed E-state index contributed by atoms with van der Waals surface area (Å²) in [5.74, 6) is 0.0188. The number of hydrogen-bond acceptors (Lipinski definition) is 4. The third-order valence-electron chi connectivity index (χ3n) is 2.96. The highest BCUT2D eigenvalue weighted by atomic mass is 16.3. The van der Waals surface area contributed by atoms with Crippen molar-refractivity contribution in [2.75, 3.05) is 6.54 Å². The highest BCUT2D eigenvalue weighted by Gasteiger charge is 2.13. The van der Waals surface area contributed by atoms with Crippen LogP contribution in [0, 0.1) is 0 Å². The van der Waals surface area contributed by atoms with E-state index in [0.29, 0.717) is 19.5 Å². The summed E-state index contributed by atoms with van der Waals surface area (Å²) in [6, 6.07) is 6.09. The zero-order chi connectivity index (χ0) is 14.4. The zero-order valence-electron chi connectivity index (χ0n) is 11.1. The van der Waals surface area contributed by atoms with Gasteiger partial charge >= 0.3 is 0 Å². The van der Waals surface area contributed by atoms with Gasteiger partial charge in [-0.1, -0.05) is 12.1 Å². The lowest BCUT2D eigenvalue weighted by Gasteiger charge is -2.12. The number of hydrogen-bond donors (Lipinski definition) is 3. The van der Waals surface area contributed by atoms with Gasteiger partial charge in [-0.15, -0.1) is 0 Å². The first-order valence-electron chi connectivity index (χ1n) is 6.42. The van der Waals surface area contributed by atoms with E-state index in [1.54, 1.807) is 36.8 Å². The van der Waals surface area contributed by atoms with Crippen molar-refractivity contribution in [1.82, 2.24) is 14.9 Å². The van der Waals surface area contributed by atoms with Gasteiger partial charge in [0.1, 0.15) is 5.75 Å². The van der Waals surface area contributed by atoms with Crippen molar-refractivity contribution in [2.45, 2.75) is 19.0 Å². The van der Waals surface area contributed by atoms with Gasteiger partial charge in [-0.25, -0.2) is 4.98 Å².